The average molecular weight is 383 g/mol. The van der Waals surface area contributed by atoms with Gasteiger partial charge in [0.2, 0.25) is 17.7 Å². The maximum Gasteiger partial charge on any atom is 0.246 e. The van der Waals surface area contributed by atoms with Crippen molar-refractivity contribution < 1.29 is 19.5 Å². The van der Waals surface area contributed by atoms with Gasteiger partial charge in [0.25, 0.3) is 0 Å². The lowest BCUT2D eigenvalue weighted by Crippen LogP contribution is -2.59. The van der Waals surface area contributed by atoms with Crippen LogP contribution in [0.4, 0.5) is 0 Å². The quantitative estimate of drug-likeness (QED) is 0.599. The third-order valence-corrected chi connectivity index (χ3v) is 5.88. The highest BCUT2D eigenvalue weighted by molar-refractivity contribution is 5.90. The summed E-state index contributed by atoms with van der Waals surface area (Å²) in [5, 5.41) is 15.6. The molecule has 27 heavy (non-hydrogen) atoms. The number of aliphatic hydroxyl groups excluding tert-OH is 1. The summed E-state index contributed by atoms with van der Waals surface area (Å²) in [5.74, 6) is -0.552. The number of nitrogens with zero attached hydrogens (tertiary/aromatic N) is 2. The van der Waals surface area contributed by atoms with Gasteiger partial charge in [-0.2, -0.15) is 0 Å². The number of carbonyl (C=O) groups excluding carboxylic acids is 3. The maximum absolute atomic E-state index is 13.4. The lowest BCUT2D eigenvalue weighted by molar-refractivity contribution is -0.141. The first-order valence-electron chi connectivity index (χ1n) is 9.69. The van der Waals surface area contributed by atoms with Crippen molar-refractivity contribution in [1.29, 1.82) is 0 Å². The number of likely N-dealkylation sites (tertiary alicyclic amines) is 2. The Bertz CT molecular complexity index is 589. The second kappa shape index (κ2) is 8.14. The Hall–Kier alpha value is -1.67. The first-order valence-corrected chi connectivity index (χ1v) is 9.69. The van der Waals surface area contributed by atoms with Gasteiger partial charge < -0.3 is 25.5 Å². The summed E-state index contributed by atoms with van der Waals surface area (Å²) >= 11 is 0. The molecule has 0 radical (unpaired) electrons. The zero-order chi connectivity index (χ0) is 20.5. The molecule has 0 aromatic rings. The monoisotopic (exact) mass is 382 g/mol. The fourth-order valence-corrected chi connectivity index (χ4v) is 4.20. The van der Waals surface area contributed by atoms with E-state index in [0.29, 0.717) is 19.5 Å². The number of hydrogen-bond donors (Lipinski definition) is 3. The van der Waals surface area contributed by atoms with E-state index in [2.05, 4.69) is 10.6 Å². The van der Waals surface area contributed by atoms with Crippen molar-refractivity contribution in [2.24, 2.45) is 11.3 Å². The number of carbonyl (C=O) groups is 3. The SMILES string of the molecule is CN[C@@H](C)C(=O)N[C@H](C(=O)N1CC[C@@H]2[C@H]1[C@@H](CO)CN2C(C)=O)C(C)(C)C. The molecule has 3 amide bonds. The molecule has 0 aromatic heterocycles. The molecule has 2 fully saturated rings. The first kappa shape index (κ1) is 21.6. The molecule has 2 aliphatic rings. The fourth-order valence-electron chi connectivity index (χ4n) is 4.20. The molecule has 0 unspecified atom stereocenters. The molecule has 0 aliphatic carbocycles. The Morgan fingerprint density at radius 1 is 1.22 bits per heavy atom. The van der Waals surface area contributed by atoms with Crippen molar-refractivity contribution in [2.45, 2.75) is 65.2 Å². The molecule has 154 valence electrons. The highest BCUT2D eigenvalue weighted by Gasteiger charge is 2.52. The molecule has 2 aliphatic heterocycles. The number of fused-ring (bicyclic) bond motifs is 1. The fraction of sp³-hybridized carbons (Fsp3) is 0.842. The second-order valence-corrected chi connectivity index (χ2v) is 8.81. The van der Waals surface area contributed by atoms with Gasteiger partial charge in [-0.25, -0.2) is 0 Å². The zero-order valence-corrected chi connectivity index (χ0v) is 17.3. The standard InChI is InChI=1S/C19H34N4O4/c1-11(20-6)17(26)21-16(19(3,4)5)18(27)22-8-7-14-15(22)13(10-24)9-23(14)12(2)25/h11,13-16,20,24H,7-10H2,1-6H3,(H,21,26)/t11-,13+,14+,15+,16+/m0/s1. The van der Waals surface area contributed by atoms with Crippen molar-refractivity contribution >= 4 is 17.7 Å². The molecule has 0 saturated carbocycles. The van der Waals surface area contributed by atoms with E-state index in [9.17, 15) is 19.5 Å². The van der Waals surface area contributed by atoms with Gasteiger partial charge in [-0.15, -0.1) is 0 Å². The van der Waals surface area contributed by atoms with Gasteiger partial charge in [-0.05, 0) is 25.8 Å². The van der Waals surface area contributed by atoms with Crippen molar-refractivity contribution in [3.63, 3.8) is 0 Å². The molecule has 8 nitrogen and oxygen atoms in total. The van der Waals surface area contributed by atoms with Crippen LogP contribution in [0.15, 0.2) is 0 Å². The Labute approximate surface area is 161 Å². The van der Waals surface area contributed by atoms with Gasteiger partial charge in [0.05, 0.1) is 18.1 Å². The summed E-state index contributed by atoms with van der Waals surface area (Å²) in [6, 6.07) is -1.34. The molecule has 0 bridgehead atoms. The molecule has 8 heteroatoms. The normalized spacial score (nSPS) is 27.3. The van der Waals surface area contributed by atoms with E-state index >= 15 is 0 Å². The Morgan fingerprint density at radius 2 is 1.85 bits per heavy atom. The number of hydrogen-bond acceptors (Lipinski definition) is 5. The molecule has 2 saturated heterocycles. The molecule has 3 N–H and O–H groups in total. The summed E-state index contributed by atoms with van der Waals surface area (Å²) in [7, 11) is 1.70. The van der Waals surface area contributed by atoms with Crippen molar-refractivity contribution in [2.75, 3.05) is 26.7 Å². The molecule has 2 heterocycles. The van der Waals surface area contributed by atoms with E-state index in [-0.39, 0.29) is 42.3 Å². The van der Waals surface area contributed by atoms with Crippen LogP contribution in [-0.4, -0.2) is 83.5 Å². The van der Waals surface area contributed by atoms with Crippen LogP contribution >= 0.6 is 0 Å². The topological polar surface area (TPSA) is 102 Å². The van der Waals surface area contributed by atoms with Crippen molar-refractivity contribution in [3.05, 3.63) is 0 Å². The molecule has 0 spiro atoms. The number of rotatable bonds is 5. The predicted molar refractivity (Wildman–Crippen MR) is 102 cm³/mol. The summed E-state index contributed by atoms with van der Waals surface area (Å²) in [5.41, 5.74) is -0.466. The minimum atomic E-state index is -0.676. The first-order chi connectivity index (χ1) is 12.5. The smallest absolute Gasteiger partial charge is 0.246 e. The van der Waals surface area contributed by atoms with E-state index in [4.69, 9.17) is 0 Å². The van der Waals surface area contributed by atoms with Crippen LogP contribution < -0.4 is 10.6 Å². The van der Waals surface area contributed by atoms with Crippen LogP contribution in [0.1, 0.15) is 41.0 Å². The van der Waals surface area contributed by atoms with E-state index in [1.807, 2.05) is 20.8 Å². The van der Waals surface area contributed by atoms with Gasteiger partial charge in [-0.3, -0.25) is 14.4 Å². The predicted octanol–water partition coefficient (Wildman–Crippen LogP) is -0.435. The maximum atomic E-state index is 13.4. The minimum Gasteiger partial charge on any atom is -0.396 e. The third-order valence-electron chi connectivity index (χ3n) is 5.88. The van der Waals surface area contributed by atoms with Crippen LogP contribution in [0, 0.1) is 11.3 Å². The van der Waals surface area contributed by atoms with Gasteiger partial charge in [-0.1, -0.05) is 20.8 Å². The van der Waals surface area contributed by atoms with Crippen molar-refractivity contribution in [1.82, 2.24) is 20.4 Å². The largest absolute Gasteiger partial charge is 0.396 e. The lowest BCUT2D eigenvalue weighted by Gasteiger charge is -2.37. The Kier molecular flexibility index (Phi) is 6.52. The minimum absolute atomic E-state index is 0.0289. The van der Waals surface area contributed by atoms with E-state index < -0.39 is 17.5 Å². The lowest BCUT2D eigenvalue weighted by atomic mass is 9.85. The van der Waals surface area contributed by atoms with E-state index in [0.717, 1.165) is 0 Å². The number of nitrogens with one attached hydrogen (secondary N) is 2. The van der Waals surface area contributed by atoms with Crippen LogP contribution in [0.3, 0.4) is 0 Å². The Morgan fingerprint density at radius 3 is 2.33 bits per heavy atom. The average Bonchev–Trinajstić information content (AvgIpc) is 3.16. The van der Waals surface area contributed by atoms with Crippen LogP contribution in [0.5, 0.6) is 0 Å². The van der Waals surface area contributed by atoms with E-state index in [1.165, 1.54) is 6.92 Å². The third kappa shape index (κ3) is 4.27. The van der Waals surface area contributed by atoms with Crippen LogP contribution in [-0.2, 0) is 14.4 Å². The molecule has 0 aromatic carbocycles. The molecule has 2 rings (SSSR count). The summed E-state index contributed by atoms with van der Waals surface area (Å²) in [4.78, 5) is 41.3. The van der Waals surface area contributed by atoms with E-state index in [1.54, 1.807) is 23.8 Å². The summed E-state index contributed by atoms with van der Waals surface area (Å²) in [6.45, 7) is 9.97. The summed E-state index contributed by atoms with van der Waals surface area (Å²) in [6.07, 6.45) is 0.699. The van der Waals surface area contributed by atoms with Crippen LogP contribution in [0.2, 0.25) is 0 Å². The van der Waals surface area contributed by atoms with Gasteiger partial charge >= 0.3 is 0 Å². The number of likely N-dealkylation sites (N-methyl/N-ethyl adjacent to an activating group) is 1. The highest BCUT2D eigenvalue weighted by Crippen LogP contribution is 2.37. The number of aliphatic hydroxyl groups is 1. The second-order valence-electron chi connectivity index (χ2n) is 8.81. The van der Waals surface area contributed by atoms with Crippen LogP contribution in [0.25, 0.3) is 0 Å². The zero-order valence-electron chi connectivity index (χ0n) is 17.3. The van der Waals surface area contributed by atoms with Crippen molar-refractivity contribution in [3.8, 4) is 0 Å². The highest BCUT2D eigenvalue weighted by atomic mass is 16.3. The number of amides is 3. The van der Waals surface area contributed by atoms with Gasteiger partial charge in [0.1, 0.15) is 6.04 Å². The van der Waals surface area contributed by atoms with Gasteiger partial charge in [0.15, 0.2) is 0 Å². The molecule has 5 atom stereocenters. The molecular weight excluding hydrogens is 348 g/mol. The summed E-state index contributed by atoms with van der Waals surface area (Å²) < 4.78 is 0. The van der Waals surface area contributed by atoms with Gasteiger partial charge in [0, 0.05) is 32.5 Å². The molecular formula is C19H34N4O4. The Balaban J connectivity index is 2.25.